The van der Waals surface area contributed by atoms with Gasteiger partial charge in [-0.15, -0.1) is 11.3 Å². The molecule has 2 fully saturated rings. The zero-order valence-corrected chi connectivity index (χ0v) is 14.6. The van der Waals surface area contributed by atoms with E-state index in [2.05, 4.69) is 9.71 Å². The van der Waals surface area contributed by atoms with E-state index >= 15 is 0 Å². The molecule has 0 amide bonds. The smallest absolute Gasteiger partial charge is 0.215 e. The monoisotopic (exact) mass is 344 g/mol. The van der Waals surface area contributed by atoms with Gasteiger partial charge in [-0.25, -0.2) is 18.1 Å². The van der Waals surface area contributed by atoms with Gasteiger partial charge in [0.1, 0.15) is 5.01 Å². The Bertz CT molecular complexity index is 600. The van der Waals surface area contributed by atoms with Gasteiger partial charge >= 0.3 is 0 Å². The number of sulfonamides is 1. The number of ether oxygens (including phenoxy) is 1. The van der Waals surface area contributed by atoms with Crippen molar-refractivity contribution < 1.29 is 13.2 Å². The maximum absolute atomic E-state index is 12.6. The van der Waals surface area contributed by atoms with Gasteiger partial charge in [0, 0.05) is 17.7 Å². The van der Waals surface area contributed by atoms with E-state index < -0.39 is 15.6 Å². The largest absolute Gasteiger partial charge is 0.377 e. The zero-order valence-electron chi connectivity index (χ0n) is 13.0. The van der Waals surface area contributed by atoms with Crippen LogP contribution in [0.5, 0.6) is 0 Å². The molecule has 0 bridgehead atoms. The van der Waals surface area contributed by atoms with Gasteiger partial charge in [-0.05, 0) is 39.0 Å². The molecule has 2 aliphatic rings. The summed E-state index contributed by atoms with van der Waals surface area (Å²) in [5.74, 6) is 0.0686. The number of nitrogens with one attached hydrogen (secondary N) is 1. The second-order valence-electron chi connectivity index (χ2n) is 6.46. The molecule has 1 aliphatic heterocycles. The summed E-state index contributed by atoms with van der Waals surface area (Å²) >= 11 is 1.56. The van der Waals surface area contributed by atoms with E-state index in [9.17, 15) is 8.42 Å². The Hall–Kier alpha value is -0.500. The normalized spacial score (nSPS) is 25.4. The summed E-state index contributed by atoms with van der Waals surface area (Å²) in [6.45, 7) is 2.63. The Labute approximate surface area is 136 Å². The van der Waals surface area contributed by atoms with Gasteiger partial charge in [0.15, 0.2) is 0 Å². The molecule has 1 saturated carbocycles. The lowest BCUT2D eigenvalue weighted by molar-refractivity contribution is 0.0303. The second kappa shape index (κ2) is 6.55. The van der Waals surface area contributed by atoms with E-state index in [1.807, 2.05) is 12.3 Å². The van der Waals surface area contributed by atoms with Crippen LogP contribution >= 0.6 is 11.3 Å². The molecule has 1 atom stereocenters. The first kappa shape index (κ1) is 16.4. The highest BCUT2D eigenvalue weighted by molar-refractivity contribution is 7.89. The van der Waals surface area contributed by atoms with Crippen LogP contribution in [-0.4, -0.2) is 31.9 Å². The minimum atomic E-state index is -3.37. The van der Waals surface area contributed by atoms with E-state index in [1.54, 1.807) is 11.3 Å². The van der Waals surface area contributed by atoms with Crippen LogP contribution in [0, 0.1) is 6.92 Å². The Kier molecular flexibility index (Phi) is 4.87. The number of hydrogen-bond donors (Lipinski definition) is 1. The molecule has 1 aromatic heterocycles. The van der Waals surface area contributed by atoms with Crippen molar-refractivity contribution in [3.8, 4) is 0 Å². The predicted octanol–water partition coefficient (Wildman–Crippen LogP) is 2.71. The predicted molar refractivity (Wildman–Crippen MR) is 87.5 cm³/mol. The summed E-state index contributed by atoms with van der Waals surface area (Å²) < 4.78 is 33.8. The zero-order chi connectivity index (χ0) is 15.6. The number of thiazole rings is 1. The fraction of sp³-hybridized carbons (Fsp3) is 0.800. The minimum Gasteiger partial charge on any atom is -0.377 e. The summed E-state index contributed by atoms with van der Waals surface area (Å²) in [5.41, 5.74) is 0.466. The lowest BCUT2D eigenvalue weighted by Gasteiger charge is -2.29. The molecule has 0 spiro atoms. The van der Waals surface area contributed by atoms with Crippen LogP contribution in [0.15, 0.2) is 5.38 Å². The van der Waals surface area contributed by atoms with Crippen molar-refractivity contribution in [2.24, 2.45) is 0 Å². The molecule has 124 valence electrons. The maximum Gasteiger partial charge on any atom is 0.215 e. The Morgan fingerprint density at radius 3 is 2.73 bits per heavy atom. The fourth-order valence-electron chi connectivity index (χ4n) is 3.43. The first-order valence-electron chi connectivity index (χ1n) is 8.05. The Morgan fingerprint density at radius 2 is 2.14 bits per heavy atom. The molecule has 5 nitrogen and oxygen atoms in total. The lowest BCUT2D eigenvalue weighted by Crippen LogP contribution is -2.46. The highest BCUT2D eigenvalue weighted by Crippen LogP contribution is 2.40. The molecule has 7 heteroatoms. The number of hydrogen-bond acceptors (Lipinski definition) is 5. The van der Waals surface area contributed by atoms with E-state index in [0.29, 0.717) is 6.61 Å². The van der Waals surface area contributed by atoms with Gasteiger partial charge in [0.05, 0.1) is 17.4 Å². The van der Waals surface area contributed by atoms with Crippen LogP contribution in [0.2, 0.25) is 0 Å². The van der Waals surface area contributed by atoms with Crippen molar-refractivity contribution in [1.29, 1.82) is 0 Å². The third-order valence-corrected chi connectivity index (χ3v) is 7.19. The van der Waals surface area contributed by atoms with Crippen molar-refractivity contribution >= 4 is 21.4 Å². The molecular formula is C15H24N2O3S2. The van der Waals surface area contributed by atoms with E-state index in [-0.39, 0.29) is 11.9 Å². The molecule has 1 aliphatic carbocycles. The van der Waals surface area contributed by atoms with Crippen LogP contribution in [0.1, 0.15) is 55.6 Å². The van der Waals surface area contributed by atoms with Crippen molar-refractivity contribution in [3.05, 3.63) is 16.1 Å². The third kappa shape index (κ3) is 3.69. The molecule has 0 radical (unpaired) electrons. The second-order valence-corrected chi connectivity index (χ2v) is 9.08. The van der Waals surface area contributed by atoms with Gasteiger partial charge in [-0.3, -0.25) is 0 Å². The van der Waals surface area contributed by atoms with E-state index in [1.165, 1.54) is 0 Å². The Morgan fingerprint density at radius 1 is 1.36 bits per heavy atom. The average Bonchev–Trinajstić information content (AvgIpc) is 3.09. The summed E-state index contributed by atoms with van der Waals surface area (Å²) in [6.07, 6.45) is 6.52. The lowest BCUT2D eigenvalue weighted by atomic mass is 10.0. The van der Waals surface area contributed by atoms with Gasteiger partial charge in [0.25, 0.3) is 0 Å². The quantitative estimate of drug-likeness (QED) is 0.892. The molecule has 0 aromatic carbocycles. The van der Waals surface area contributed by atoms with Crippen molar-refractivity contribution in [1.82, 2.24) is 9.71 Å². The van der Waals surface area contributed by atoms with Crippen molar-refractivity contribution in [2.75, 3.05) is 12.4 Å². The van der Waals surface area contributed by atoms with Crippen LogP contribution in [0.25, 0.3) is 0 Å². The van der Waals surface area contributed by atoms with Gasteiger partial charge in [-0.2, -0.15) is 0 Å². The number of rotatable bonds is 5. The van der Waals surface area contributed by atoms with Gasteiger partial charge in [0.2, 0.25) is 10.0 Å². The Balaban J connectivity index is 1.75. The summed E-state index contributed by atoms with van der Waals surface area (Å²) in [5, 5.41) is 2.91. The van der Waals surface area contributed by atoms with E-state index in [4.69, 9.17) is 4.74 Å². The SMILES string of the molecule is Cc1csc(C2(NS(=O)(=O)CC3CCCCO3)CCCC2)n1. The van der Waals surface area contributed by atoms with Crippen molar-refractivity contribution in [3.63, 3.8) is 0 Å². The standard InChI is InChI=1S/C15H24N2O3S2/c1-12-10-21-14(16-12)15(7-3-4-8-15)17-22(18,19)11-13-6-2-5-9-20-13/h10,13,17H,2-9,11H2,1H3. The van der Waals surface area contributed by atoms with Gasteiger partial charge in [-0.1, -0.05) is 12.8 Å². The number of aryl methyl sites for hydroxylation is 1. The maximum atomic E-state index is 12.6. The molecule has 1 N–H and O–H groups in total. The van der Waals surface area contributed by atoms with Gasteiger partial charge < -0.3 is 4.74 Å². The van der Waals surface area contributed by atoms with Crippen LogP contribution in [0.3, 0.4) is 0 Å². The van der Waals surface area contributed by atoms with Crippen LogP contribution in [0.4, 0.5) is 0 Å². The minimum absolute atomic E-state index is 0.0686. The van der Waals surface area contributed by atoms with Crippen LogP contribution in [-0.2, 0) is 20.3 Å². The number of aromatic nitrogens is 1. The molecule has 1 saturated heterocycles. The third-order valence-electron chi connectivity index (χ3n) is 4.52. The fourth-order valence-corrected chi connectivity index (χ4v) is 6.24. The first-order valence-corrected chi connectivity index (χ1v) is 10.6. The summed E-state index contributed by atoms with van der Waals surface area (Å²) in [7, 11) is -3.37. The molecule has 3 rings (SSSR count). The molecule has 1 unspecified atom stereocenters. The highest BCUT2D eigenvalue weighted by Gasteiger charge is 2.42. The van der Waals surface area contributed by atoms with Crippen molar-refractivity contribution in [2.45, 2.75) is 63.5 Å². The van der Waals surface area contributed by atoms with E-state index in [0.717, 1.165) is 55.6 Å². The number of nitrogens with zero attached hydrogens (tertiary/aromatic N) is 1. The highest BCUT2D eigenvalue weighted by atomic mass is 32.2. The average molecular weight is 345 g/mol. The first-order chi connectivity index (χ1) is 10.5. The summed E-state index contributed by atoms with van der Waals surface area (Å²) in [6, 6.07) is 0. The molecule has 2 heterocycles. The molecule has 1 aromatic rings. The topological polar surface area (TPSA) is 68.3 Å². The van der Waals surface area contributed by atoms with Crippen LogP contribution < -0.4 is 4.72 Å². The molecular weight excluding hydrogens is 320 g/mol. The summed E-state index contributed by atoms with van der Waals surface area (Å²) in [4.78, 5) is 4.56. The molecule has 22 heavy (non-hydrogen) atoms.